The number of hydrogen-bond donors (Lipinski definition) is 2. The Balaban J connectivity index is 1.88. The summed E-state index contributed by atoms with van der Waals surface area (Å²) in [5.41, 5.74) is 0.950. The number of morpholine rings is 1. The van der Waals surface area contributed by atoms with Gasteiger partial charge in [-0.3, -0.25) is 0 Å². The van der Waals surface area contributed by atoms with Crippen molar-refractivity contribution in [2.24, 2.45) is 0 Å². The van der Waals surface area contributed by atoms with Crippen LogP contribution in [0.25, 0.3) is 4.96 Å². The number of fused-ring (bicyclic) bond motifs is 1. The highest BCUT2D eigenvalue weighted by Gasteiger charge is 2.35. The molecule has 1 saturated heterocycles. The number of nitrogens with zero attached hydrogens (tertiary/aromatic N) is 3. The van der Waals surface area contributed by atoms with Crippen molar-refractivity contribution in [1.82, 2.24) is 14.6 Å². The van der Waals surface area contributed by atoms with Crippen LogP contribution in [0.1, 0.15) is 16.5 Å². The molecule has 3 heterocycles. The fourth-order valence-corrected chi connectivity index (χ4v) is 4.76. The normalized spacial score (nSPS) is 16.2. The van der Waals surface area contributed by atoms with Crippen molar-refractivity contribution >= 4 is 16.3 Å². The summed E-state index contributed by atoms with van der Waals surface area (Å²) in [6, 6.07) is 3.72. The molecule has 1 atom stereocenters. The molecule has 0 spiro atoms. The molecule has 3 aromatic rings. The van der Waals surface area contributed by atoms with Gasteiger partial charge in [0, 0.05) is 5.56 Å². The molecule has 2 N–H and O–H groups in total. The van der Waals surface area contributed by atoms with Crippen LogP contribution in [0, 0.1) is 0 Å². The van der Waals surface area contributed by atoms with Gasteiger partial charge in [-0.1, -0.05) is 11.3 Å². The Bertz CT molecular complexity index is 941. The van der Waals surface area contributed by atoms with Crippen LogP contribution in [-0.2, 0) is 4.74 Å². The predicted octanol–water partition coefficient (Wildman–Crippen LogP) is 0.527. The van der Waals surface area contributed by atoms with Crippen LogP contribution >= 0.6 is 11.3 Å². The standard InChI is InChI=1S/C18H22N4O5S/c1-24-12-8-11(9-13(25-2)15(12)26-3)14(21-4-6-27-7-5-21)16-17(23)22-18(28-16)19-10-20-22/h8-10,14,23H,4-7H2,1-3H3/p+1/t14-/m1/s1. The summed E-state index contributed by atoms with van der Waals surface area (Å²) in [4.78, 5) is 6.95. The predicted molar refractivity (Wildman–Crippen MR) is 102 cm³/mol. The minimum Gasteiger partial charge on any atom is -0.493 e. The summed E-state index contributed by atoms with van der Waals surface area (Å²) in [5.74, 6) is 1.80. The number of quaternary nitrogens is 1. The SMILES string of the molecule is COc1cc([C@H](c2sc3ncnn3c2O)[NH+]2CCOCC2)cc(OC)c1OC. The third-order valence-electron chi connectivity index (χ3n) is 4.96. The van der Waals surface area contributed by atoms with Gasteiger partial charge < -0.3 is 29.0 Å². The lowest BCUT2D eigenvalue weighted by atomic mass is 10.0. The van der Waals surface area contributed by atoms with Gasteiger partial charge in [0.05, 0.1) is 34.5 Å². The smallest absolute Gasteiger partial charge is 0.235 e. The number of hydrogen-bond acceptors (Lipinski definition) is 8. The Morgan fingerprint density at radius 1 is 1.14 bits per heavy atom. The van der Waals surface area contributed by atoms with Crippen LogP contribution in [0.3, 0.4) is 0 Å². The van der Waals surface area contributed by atoms with Gasteiger partial charge in [0.2, 0.25) is 16.6 Å². The number of aromatic hydroxyl groups is 1. The Morgan fingerprint density at radius 2 is 1.82 bits per heavy atom. The average Bonchev–Trinajstić information content (AvgIpc) is 3.31. The Morgan fingerprint density at radius 3 is 2.39 bits per heavy atom. The minimum absolute atomic E-state index is 0.107. The highest BCUT2D eigenvalue weighted by atomic mass is 32.1. The summed E-state index contributed by atoms with van der Waals surface area (Å²) < 4.78 is 23.5. The van der Waals surface area contributed by atoms with Gasteiger partial charge in [0.1, 0.15) is 24.3 Å². The Hall–Kier alpha value is -2.56. The topological polar surface area (TPSA) is 91.8 Å². The zero-order chi connectivity index (χ0) is 19.7. The Labute approximate surface area is 166 Å². The van der Waals surface area contributed by atoms with Crippen molar-refractivity contribution in [3.8, 4) is 23.1 Å². The molecule has 0 amide bonds. The molecular weight excluding hydrogens is 384 g/mol. The fraction of sp³-hybridized carbons (Fsp3) is 0.444. The maximum Gasteiger partial charge on any atom is 0.235 e. The van der Waals surface area contributed by atoms with Crippen molar-refractivity contribution in [1.29, 1.82) is 0 Å². The quantitative estimate of drug-likeness (QED) is 0.616. The first-order valence-corrected chi connectivity index (χ1v) is 9.73. The van der Waals surface area contributed by atoms with E-state index in [1.807, 2.05) is 12.1 Å². The van der Waals surface area contributed by atoms with E-state index in [1.165, 1.54) is 27.1 Å². The molecule has 2 aromatic heterocycles. The first-order valence-electron chi connectivity index (χ1n) is 8.91. The molecule has 4 rings (SSSR count). The van der Waals surface area contributed by atoms with E-state index in [1.54, 1.807) is 21.3 Å². The fourth-order valence-electron chi connectivity index (χ4n) is 3.64. The summed E-state index contributed by atoms with van der Waals surface area (Å²) in [7, 11) is 4.77. The summed E-state index contributed by atoms with van der Waals surface area (Å²) in [5, 5.41) is 15.0. The van der Waals surface area contributed by atoms with Crippen LogP contribution in [0.2, 0.25) is 0 Å². The maximum atomic E-state index is 10.8. The van der Waals surface area contributed by atoms with Crippen LogP contribution in [0.5, 0.6) is 23.1 Å². The third-order valence-corrected chi connectivity index (χ3v) is 6.06. The largest absolute Gasteiger partial charge is 0.493 e. The zero-order valence-corrected chi connectivity index (χ0v) is 16.8. The zero-order valence-electron chi connectivity index (χ0n) is 16.0. The monoisotopic (exact) mass is 407 g/mol. The van der Waals surface area contributed by atoms with Gasteiger partial charge in [0.15, 0.2) is 17.5 Å². The molecule has 0 bridgehead atoms. The number of methoxy groups -OCH3 is 3. The van der Waals surface area contributed by atoms with Gasteiger partial charge in [-0.15, -0.1) is 0 Å². The van der Waals surface area contributed by atoms with E-state index in [4.69, 9.17) is 18.9 Å². The molecule has 150 valence electrons. The molecule has 1 aromatic carbocycles. The van der Waals surface area contributed by atoms with E-state index in [9.17, 15) is 5.11 Å². The molecule has 1 aliphatic rings. The van der Waals surface area contributed by atoms with Crippen molar-refractivity contribution in [2.45, 2.75) is 6.04 Å². The molecule has 0 unspecified atom stereocenters. The second-order valence-corrected chi connectivity index (χ2v) is 7.42. The maximum absolute atomic E-state index is 10.8. The van der Waals surface area contributed by atoms with Crippen LogP contribution in [0.15, 0.2) is 18.5 Å². The summed E-state index contributed by atoms with van der Waals surface area (Å²) >= 11 is 1.43. The number of benzene rings is 1. The van der Waals surface area contributed by atoms with Gasteiger partial charge in [-0.2, -0.15) is 9.61 Å². The van der Waals surface area contributed by atoms with Crippen molar-refractivity contribution in [3.63, 3.8) is 0 Å². The number of thiazole rings is 1. The molecule has 1 aliphatic heterocycles. The summed E-state index contributed by atoms with van der Waals surface area (Å²) in [6.07, 6.45) is 1.44. The molecule has 0 saturated carbocycles. The molecule has 1 fully saturated rings. The number of aromatic nitrogens is 3. The van der Waals surface area contributed by atoms with Crippen LogP contribution in [-0.4, -0.2) is 67.3 Å². The van der Waals surface area contributed by atoms with Crippen LogP contribution in [0.4, 0.5) is 0 Å². The minimum atomic E-state index is -0.147. The highest BCUT2D eigenvalue weighted by molar-refractivity contribution is 7.17. The van der Waals surface area contributed by atoms with Crippen LogP contribution < -0.4 is 19.1 Å². The second kappa shape index (κ2) is 7.82. The van der Waals surface area contributed by atoms with E-state index in [2.05, 4.69) is 10.1 Å². The second-order valence-electron chi connectivity index (χ2n) is 6.41. The van der Waals surface area contributed by atoms with E-state index in [0.717, 1.165) is 23.5 Å². The van der Waals surface area contributed by atoms with Gasteiger partial charge in [-0.05, 0) is 12.1 Å². The number of ether oxygens (including phenoxy) is 4. The van der Waals surface area contributed by atoms with Gasteiger partial charge in [-0.25, -0.2) is 4.98 Å². The van der Waals surface area contributed by atoms with Gasteiger partial charge in [0.25, 0.3) is 0 Å². The first-order chi connectivity index (χ1) is 13.7. The molecule has 10 heteroatoms. The van der Waals surface area contributed by atoms with E-state index in [0.29, 0.717) is 35.4 Å². The average molecular weight is 407 g/mol. The summed E-state index contributed by atoms with van der Waals surface area (Å²) in [6.45, 7) is 2.96. The lowest BCUT2D eigenvalue weighted by molar-refractivity contribution is -0.932. The molecular formula is C18H23N4O5S+. The van der Waals surface area contributed by atoms with Gasteiger partial charge >= 0.3 is 0 Å². The van der Waals surface area contributed by atoms with E-state index < -0.39 is 0 Å². The number of rotatable bonds is 6. The highest BCUT2D eigenvalue weighted by Crippen LogP contribution is 2.42. The Kier molecular flexibility index (Phi) is 5.25. The first kappa shape index (κ1) is 18.8. The number of nitrogens with one attached hydrogen (secondary N) is 1. The van der Waals surface area contributed by atoms with Crippen molar-refractivity contribution in [3.05, 3.63) is 28.9 Å². The third kappa shape index (κ3) is 3.13. The molecule has 28 heavy (non-hydrogen) atoms. The van der Waals surface area contributed by atoms with E-state index >= 15 is 0 Å². The molecule has 0 aliphatic carbocycles. The lowest BCUT2D eigenvalue weighted by Crippen LogP contribution is -3.14. The van der Waals surface area contributed by atoms with Crippen molar-refractivity contribution < 1.29 is 29.0 Å². The van der Waals surface area contributed by atoms with E-state index in [-0.39, 0.29) is 11.9 Å². The molecule has 9 nitrogen and oxygen atoms in total. The van der Waals surface area contributed by atoms with Crippen molar-refractivity contribution in [2.75, 3.05) is 47.6 Å². The lowest BCUT2D eigenvalue weighted by Gasteiger charge is -2.31. The molecule has 0 radical (unpaired) electrons.